The molecule has 0 radical (unpaired) electrons. The van der Waals surface area contributed by atoms with E-state index in [2.05, 4.69) is 4.72 Å². The molecule has 0 spiro atoms. The molecule has 4 atom stereocenters. The number of sulfonamides is 1. The van der Waals surface area contributed by atoms with E-state index in [1.807, 2.05) is 18.2 Å². The van der Waals surface area contributed by atoms with Crippen LogP contribution in [0.2, 0.25) is 0 Å². The van der Waals surface area contributed by atoms with Crippen molar-refractivity contribution >= 4 is 10.0 Å². The first-order valence-electron chi connectivity index (χ1n) is 7.89. The Hall–Kier alpha value is -1.15. The predicted molar refractivity (Wildman–Crippen MR) is 85.9 cm³/mol. The first-order chi connectivity index (χ1) is 11.1. The number of hydrogen-bond donors (Lipinski definition) is 1. The molecule has 1 saturated heterocycles. The van der Waals surface area contributed by atoms with E-state index >= 15 is 0 Å². The number of rotatable bonds is 8. The number of para-hydroxylation sites is 1. The summed E-state index contributed by atoms with van der Waals surface area (Å²) in [5.41, 5.74) is 0. The van der Waals surface area contributed by atoms with E-state index in [0.29, 0.717) is 19.0 Å². The maximum atomic E-state index is 12.3. The van der Waals surface area contributed by atoms with Gasteiger partial charge in [-0.05, 0) is 18.6 Å². The Kier molecular flexibility index (Phi) is 5.21. The summed E-state index contributed by atoms with van der Waals surface area (Å²) in [6.45, 7) is 1.34. The van der Waals surface area contributed by atoms with Crippen molar-refractivity contribution in [3.8, 4) is 5.75 Å². The zero-order valence-electron chi connectivity index (χ0n) is 13.2. The number of fused-ring (bicyclic) bond motifs is 1. The summed E-state index contributed by atoms with van der Waals surface area (Å²) in [6.07, 6.45) is 1.03. The topological polar surface area (TPSA) is 73.9 Å². The maximum absolute atomic E-state index is 12.3. The third-order valence-corrected chi connectivity index (χ3v) is 5.90. The van der Waals surface area contributed by atoms with Gasteiger partial charge < -0.3 is 14.2 Å². The number of ether oxygens (including phenoxy) is 3. The van der Waals surface area contributed by atoms with Crippen LogP contribution in [0, 0.1) is 11.8 Å². The Morgan fingerprint density at radius 2 is 2.09 bits per heavy atom. The normalized spacial score (nSPS) is 29.8. The Labute approximate surface area is 137 Å². The minimum Gasteiger partial charge on any atom is -0.492 e. The molecule has 0 bridgehead atoms. The molecule has 1 aliphatic heterocycles. The number of benzene rings is 1. The quantitative estimate of drug-likeness (QED) is 0.765. The Bertz CT molecular complexity index is 606. The molecule has 1 aliphatic carbocycles. The SMILES string of the molecule is COC[C@@H]1[C@@H](NS(=O)(=O)CCOc2ccccc2)[C@@H]2CCO[C@H]12. The van der Waals surface area contributed by atoms with Gasteiger partial charge in [-0.3, -0.25) is 0 Å². The summed E-state index contributed by atoms with van der Waals surface area (Å²) in [5.74, 6) is 0.973. The first-order valence-corrected chi connectivity index (χ1v) is 9.54. The molecule has 6 nitrogen and oxygen atoms in total. The molecule has 0 unspecified atom stereocenters. The minimum atomic E-state index is -3.39. The molecule has 23 heavy (non-hydrogen) atoms. The summed E-state index contributed by atoms with van der Waals surface area (Å²) < 4.78 is 43.7. The van der Waals surface area contributed by atoms with Crippen molar-refractivity contribution in [2.24, 2.45) is 11.8 Å². The van der Waals surface area contributed by atoms with Crippen molar-refractivity contribution in [3.05, 3.63) is 30.3 Å². The fraction of sp³-hybridized carbons (Fsp3) is 0.625. The van der Waals surface area contributed by atoms with Crippen LogP contribution in [-0.4, -0.2) is 53.2 Å². The van der Waals surface area contributed by atoms with Gasteiger partial charge >= 0.3 is 0 Å². The third-order valence-electron chi connectivity index (χ3n) is 4.57. The summed E-state index contributed by atoms with van der Waals surface area (Å²) in [4.78, 5) is 0. The van der Waals surface area contributed by atoms with Crippen molar-refractivity contribution < 1.29 is 22.6 Å². The van der Waals surface area contributed by atoms with E-state index in [0.717, 1.165) is 6.42 Å². The summed E-state index contributed by atoms with van der Waals surface area (Å²) in [7, 11) is -1.76. The van der Waals surface area contributed by atoms with Crippen molar-refractivity contribution in [3.63, 3.8) is 0 Å². The summed E-state index contributed by atoms with van der Waals surface area (Å²) in [5, 5.41) is 0. The Morgan fingerprint density at radius 1 is 1.30 bits per heavy atom. The molecule has 1 heterocycles. The molecular formula is C16H23NO5S. The highest BCUT2D eigenvalue weighted by Crippen LogP contribution is 2.44. The van der Waals surface area contributed by atoms with E-state index < -0.39 is 10.0 Å². The molecule has 1 N–H and O–H groups in total. The zero-order valence-corrected chi connectivity index (χ0v) is 14.0. The van der Waals surface area contributed by atoms with Gasteiger partial charge in [-0.25, -0.2) is 13.1 Å². The van der Waals surface area contributed by atoms with Gasteiger partial charge in [-0.15, -0.1) is 0 Å². The molecule has 2 fully saturated rings. The number of hydrogen-bond acceptors (Lipinski definition) is 5. The second-order valence-electron chi connectivity index (χ2n) is 6.03. The molecule has 7 heteroatoms. The largest absolute Gasteiger partial charge is 0.492 e. The predicted octanol–water partition coefficient (Wildman–Crippen LogP) is 1.03. The molecule has 1 aromatic carbocycles. The number of methoxy groups -OCH3 is 1. The van der Waals surface area contributed by atoms with E-state index in [-0.39, 0.29) is 36.3 Å². The molecule has 1 aromatic rings. The van der Waals surface area contributed by atoms with Gasteiger partial charge in [0.1, 0.15) is 12.4 Å². The lowest BCUT2D eigenvalue weighted by atomic mass is 9.68. The van der Waals surface area contributed by atoms with Crippen LogP contribution in [0.5, 0.6) is 5.75 Å². The monoisotopic (exact) mass is 341 g/mol. The fourth-order valence-corrected chi connectivity index (χ4v) is 4.63. The maximum Gasteiger partial charge on any atom is 0.215 e. The second kappa shape index (κ2) is 7.17. The highest BCUT2D eigenvalue weighted by Gasteiger charge is 2.54. The van der Waals surface area contributed by atoms with Crippen LogP contribution in [0.1, 0.15) is 6.42 Å². The van der Waals surface area contributed by atoms with Gasteiger partial charge in [0.2, 0.25) is 10.0 Å². The van der Waals surface area contributed by atoms with Crippen LogP contribution in [0.25, 0.3) is 0 Å². The van der Waals surface area contributed by atoms with Crippen molar-refractivity contribution in [2.45, 2.75) is 18.6 Å². The van der Waals surface area contributed by atoms with Crippen LogP contribution in [0.3, 0.4) is 0 Å². The zero-order chi connectivity index (χ0) is 16.3. The van der Waals surface area contributed by atoms with E-state index in [9.17, 15) is 8.42 Å². The van der Waals surface area contributed by atoms with Crippen LogP contribution in [0.15, 0.2) is 30.3 Å². The second-order valence-corrected chi connectivity index (χ2v) is 7.90. The highest BCUT2D eigenvalue weighted by molar-refractivity contribution is 7.89. The summed E-state index contributed by atoms with van der Waals surface area (Å²) in [6, 6.07) is 9.11. The van der Waals surface area contributed by atoms with Gasteiger partial charge in [-0.2, -0.15) is 0 Å². The lowest BCUT2D eigenvalue weighted by Gasteiger charge is -2.47. The van der Waals surface area contributed by atoms with E-state index in [1.54, 1.807) is 19.2 Å². The van der Waals surface area contributed by atoms with Crippen LogP contribution in [0.4, 0.5) is 0 Å². The molecule has 0 amide bonds. The molecule has 128 valence electrons. The molecule has 0 aromatic heterocycles. The highest BCUT2D eigenvalue weighted by atomic mass is 32.2. The Morgan fingerprint density at radius 3 is 2.83 bits per heavy atom. The van der Waals surface area contributed by atoms with Crippen molar-refractivity contribution in [1.29, 1.82) is 0 Å². The van der Waals surface area contributed by atoms with Gasteiger partial charge in [0.25, 0.3) is 0 Å². The van der Waals surface area contributed by atoms with Gasteiger partial charge in [0.05, 0.1) is 18.5 Å². The van der Waals surface area contributed by atoms with Gasteiger partial charge in [0.15, 0.2) is 0 Å². The lowest BCUT2D eigenvalue weighted by Crippen LogP contribution is -2.63. The van der Waals surface area contributed by atoms with E-state index in [1.165, 1.54) is 0 Å². The van der Waals surface area contributed by atoms with E-state index in [4.69, 9.17) is 14.2 Å². The smallest absolute Gasteiger partial charge is 0.215 e. The van der Waals surface area contributed by atoms with Gasteiger partial charge in [-0.1, -0.05) is 18.2 Å². The van der Waals surface area contributed by atoms with Crippen LogP contribution >= 0.6 is 0 Å². The van der Waals surface area contributed by atoms with Crippen molar-refractivity contribution in [2.75, 3.05) is 32.7 Å². The number of nitrogens with one attached hydrogen (secondary N) is 1. The first kappa shape index (κ1) is 16.7. The standard InChI is InChI=1S/C16H23NO5S/c1-20-11-14-15(13-7-8-22-16(13)14)17-23(18,19)10-9-21-12-5-3-2-4-6-12/h2-6,13-17H,7-11H2,1H3/t13-,14+,15-,16-/m0/s1. The average molecular weight is 341 g/mol. The fourth-order valence-electron chi connectivity index (χ4n) is 3.45. The minimum absolute atomic E-state index is 0.0592. The molecule has 3 rings (SSSR count). The molecule has 1 saturated carbocycles. The van der Waals surface area contributed by atoms with Crippen molar-refractivity contribution in [1.82, 2.24) is 4.72 Å². The lowest BCUT2D eigenvalue weighted by molar-refractivity contribution is -0.0775. The van der Waals surface area contributed by atoms with Gasteiger partial charge in [0, 0.05) is 31.6 Å². The molecular weight excluding hydrogens is 318 g/mol. The van der Waals surface area contributed by atoms with Crippen LogP contribution in [-0.2, 0) is 19.5 Å². The molecule has 2 aliphatic rings. The summed E-state index contributed by atoms with van der Waals surface area (Å²) >= 11 is 0. The average Bonchev–Trinajstić information content (AvgIpc) is 2.96. The third kappa shape index (κ3) is 3.85. The Balaban J connectivity index is 1.51. The van der Waals surface area contributed by atoms with Crippen LogP contribution < -0.4 is 9.46 Å².